The lowest BCUT2D eigenvalue weighted by Crippen LogP contribution is -2.41. The zero-order chi connectivity index (χ0) is 18.1. The van der Waals surface area contributed by atoms with Crippen molar-refractivity contribution in [3.05, 3.63) is 60.3 Å². The molecule has 1 atom stereocenters. The summed E-state index contributed by atoms with van der Waals surface area (Å²) in [5.41, 5.74) is 0.933. The zero-order valence-electron chi connectivity index (χ0n) is 14.4. The Morgan fingerprint density at radius 1 is 1.46 bits per heavy atom. The van der Waals surface area contributed by atoms with Crippen molar-refractivity contribution in [1.82, 2.24) is 24.6 Å². The number of nitrogens with one attached hydrogen (secondary N) is 1. The van der Waals surface area contributed by atoms with E-state index in [4.69, 9.17) is 4.42 Å². The molecular formula is C18H21N5O3. The third kappa shape index (κ3) is 3.41. The van der Waals surface area contributed by atoms with Crippen LogP contribution in [0, 0.1) is 5.92 Å². The molecule has 2 N–H and O–H groups in total. The predicted molar refractivity (Wildman–Crippen MR) is 92.2 cm³/mol. The molecule has 0 spiro atoms. The van der Waals surface area contributed by atoms with Crippen molar-refractivity contribution in [3.63, 3.8) is 0 Å². The maximum Gasteiger partial charge on any atom is 0.287 e. The molecule has 136 valence electrons. The normalized spacial score (nSPS) is 20.5. The van der Waals surface area contributed by atoms with Crippen LogP contribution in [0.5, 0.6) is 0 Å². The van der Waals surface area contributed by atoms with Crippen molar-refractivity contribution in [2.24, 2.45) is 13.0 Å². The van der Waals surface area contributed by atoms with Gasteiger partial charge in [-0.25, -0.2) is 4.98 Å². The van der Waals surface area contributed by atoms with Crippen molar-refractivity contribution in [1.29, 1.82) is 0 Å². The summed E-state index contributed by atoms with van der Waals surface area (Å²) < 4.78 is 9.26. The van der Waals surface area contributed by atoms with Crippen LogP contribution in [0.3, 0.4) is 0 Å². The summed E-state index contributed by atoms with van der Waals surface area (Å²) >= 11 is 0. The molecule has 8 nitrogen and oxygen atoms in total. The molecule has 3 heterocycles. The molecule has 0 bridgehead atoms. The molecule has 0 aromatic carbocycles. The Bertz CT molecular complexity index is 876. The lowest BCUT2D eigenvalue weighted by Gasteiger charge is -2.37. The number of nitrogens with zero attached hydrogens (tertiary/aromatic N) is 4. The van der Waals surface area contributed by atoms with Gasteiger partial charge in [-0.15, -0.1) is 0 Å². The summed E-state index contributed by atoms with van der Waals surface area (Å²) in [5.74, 6) is 0.884. The summed E-state index contributed by atoms with van der Waals surface area (Å²) in [6.07, 6.45) is 9.92. The highest BCUT2D eigenvalue weighted by molar-refractivity contribution is 5.91. The summed E-state index contributed by atoms with van der Waals surface area (Å²) in [6.45, 7) is 0.522. The maximum atomic E-state index is 12.7. The van der Waals surface area contributed by atoms with E-state index in [9.17, 15) is 9.90 Å². The Hall–Kier alpha value is -2.87. The Labute approximate surface area is 150 Å². The first-order chi connectivity index (χ1) is 12.6. The first-order valence-electron chi connectivity index (χ1n) is 8.60. The molecule has 4 rings (SSSR count). The summed E-state index contributed by atoms with van der Waals surface area (Å²) in [4.78, 5) is 16.7. The molecule has 1 amide bonds. The summed E-state index contributed by atoms with van der Waals surface area (Å²) in [5, 5.41) is 16.9. The van der Waals surface area contributed by atoms with E-state index in [0.717, 1.165) is 5.56 Å². The fraction of sp³-hybridized carbons (Fsp3) is 0.389. The van der Waals surface area contributed by atoms with Gasteiger partial charge in [0.15, 0.2) is 5.76 Å². The molecule has 8 heteroatoms. The topological polar surface area (TPSA) is 98.1 Å². The highest BCUT2D eigenvalue weighted by Gasteiger charge is 2.36. The van der Waals surface area contributed by atoms with Gasteiger partial charge in [0.25, 0.3) is 5.91 Å². The SMILES string of the molecule is Cn1cc([C@@H](NC(=O)c2ccc(Cn3ccnc3)o2)C2CC(O)C2)cn1. The lowest BCUT2D eigenvalue weighted by molar-refractivity contribution is 0.0232. The van der Waals surface area contributed by atoms with Crippen molar-refractivity contribution in [2.45, 2.75) is 31.5 Å². The van der Waals surface area contributed by atoms with Gasteiger partial charge in [-0.05, 0) is 30.9 Å². The van der Waals surface area contributed by atoms with E-state index in [-0.39, 0.29) is 29.7 Å². The quantitative estimate of drug-likeness (QED) is 0.698. The standard InChI is InChI=1S/C18H21N5O3/c1-22-9-13(8-20-22)17(12-6-14(24)7-12)21-18(25)16-3-2-15(26-16)10-23-5-4-19-11-23/h2-5,8-9,11-12,14,17,24H,6-7,10H2,1H3,(H,21,25)/t12?,14?,17-/m0/s1. The number of aryl methyl sites for hydroxylation is 1. The molecule has 1 aliphatic carbocycles. The number of amides is 1. The smallest absolute Gasteiger partial charge is 0.287 e. The van der Waals surface area contributed by atoms with Gasteiger partial charge in [0, 0.05) is 31.2 Å². The highest BCUT2D eigenvalue weighted by atomic mass is 16.4. The summed E-state index contributed by atoms with van der Waals surface area (Å²) in [6, 6.07) is 3.28. The average Bonchev–Trinajstić information content (AvgIpc) is 3.32. The number of furan rings is 1. The van der Waals surface area contributed by atoms with E-state index < -0.39 is 0 Å². The second-order valence-electron chi connectivity index (χ2n) is 6.78. The maximum absolute atomic E-state index is 12.7. The molecule has 1 aliphatic rings. The lowest BCUT2D eigenvalue weighted by atomic mass is 9.75. The van der Waals surface area contributed by atoms with Crippen LogP contribution in [0.2, 0.25) is 0 Å². The number of hydrogen-bond donors (Lipinski definition) is 2. The van der Waals surface area contributed by atoms with Crippen LogP contribution < -0.4 is 5.32 Å². The third-order valence-electron chi connectivity index (χ3n) is 4.77. The van der Waals surface area contributed by atoms with Crippen LogP contribution >= 0.6 is 0 Å². The Balaban J connectivity index is 1.47. The van der Waals surface area contributed by atoms with Crippen molar-refractivity contribution < 1.29 is 14.3 Å². The van der Waals surface area contributed by atoms with Gasteiger partial charge < -0.3 is 19.4 Å². The number of imidazole rings is 1. The Kier molecular flexibility index (Phi) is 4.34. The van der Waals surface area contributed by atoms with Crippen LogP contribution in [0.25, 0.3) is 0 Å². The van der Waals surface area contributed by atoms with Crippen molar-refractivity contribution >= 4 is 5.91 Å². The predicted octanol–water partition coefficient (Wildman–Crippen LogP) is 1.50. The molecule has 0 unspecified atom stereocenters. The fourth-order valence-corrected chi connectivity index (χ4v) is 3.33. The molecule has 0 aliphatic heterocycles. The highest BCUT2D eigenvalue weighted by Crippen LogP contribution is 2.38. The van der Waals surface area contributed by atoms with Crippen LogP contribution in [-0.4, -0.2) is 36.4 Å². The van der Waals surface area contributed by atoms with Gasteiger partial charge in [-0.1, -0.05) is 0 Å². The monoisotopic (exact) mass is 355 g/mol. The summed E-state index contributed by atoms with van der Waals surface area (Å²) in [7, 11) is 1.84. The number of rotatable bonds is 6. The molecule has 3 aromatic heterocycles. The Morgan fingerprint density at radius 2 is 2.31 bits per heavy atom. The van der Waals surface area contributed by atoms with Gasteiger partial charge in [0.05, 0.1) is 31.2 Å². The molecule has 0 radical (unpaired) electrons. The van der Waals surface area contributed by atoms with E-state index in [1.807, 2.05) is 24.0 Å². The number of carbonyl (C=O) groups excluding carboxylic acids is 1. The number of carbonyl (C=O) groups is 1. The van der Waals surface area contributed by atoms with Gasteiger partial charge in [0.2, 0.25) is 0 Å². The number of aliphatic hydroxyl groups is 1. The zero-order valence-corrected chi connectivity index (χ0v) is 14.4. The Morgan fingerprint density at radius 3 is 2.96 bits per heavy atom. The van der Waals surface area contributed by atoms with Gasteiger partial charge in [0.1, 0.15) is 5.76 Å². The average molecular weight is 355 g/mol. The minimum atomic E-state index is -0.290. The molecular weight excluding hydrogens is 334 g/mol. The van der Waals surface area contributed by atoms with E-state index in [2.05, 4.69) is 15.4 Å². The number of aromatic nitrogens is 4. The fourth-order valence-electron chi connectivity index (χ4n) is 3.33. The third-order valence-corrected chi connectivity index (χ3v) is 4.77. The second-order valence-corrected chi connectivity index (χ2v) is 6.78. The second kappa shape index (κ2) is 6.80. The molecule has 3 aromatic rings. The van der Waals surface area contributed by atoms with Crippen molar-refractivity contribution in [3.8, 4) is 0 Å². The molecule has 0 saturated heterocycles. The van der Waals surface area contributed by atoms with Crippen LogP contribution in [0.1, 0.15) is 40.8 Å². The molecule has 1 fully saturated rings. The minimum Gasteiger partial charge on any atom is -0.454 e. The van der Waals surface area contributed by atoms with Crippen molar-refractivity contribution in [2.75, 3.05) is 0 Å². The molecule has 26 heavy (non-hydrogen) atoms. The first kappa shape index (κ1) is 16.6. The van der Waals surface area contributed by atoms with E-state index in [1.54, 1.807) is 35.5 Å². The van der Waals surface area contributed by atoms with E-state index >= 15 is 0 Å². The van der Waals surface area contributed by atoms with E-state index in [0.29, 0.717) is 25.1 Å². The first-order valence-corrected chi connectivity index (χ1v) is 8.60. The van der Waals surface area contributed by atoms with Gasteiger partial charge in [-0.3, -0.25) is 9.48 Å². The largest absolute Gasteiger partial charge is 0.454 e. The minimum absolute atomic E-state index is 0.193. The van der Waals surface area contributed by atoms with Crippen LogP contribution in [0.15, 0.2) is 47.7 Å². The van der Waals surface area contributed by atoms with Gasteiger partial charge in [-0.2, -0.15) is 5.10 Å². The van der Waals surface area contributed by atoms with Gasteiger partial charge >= 0.3 is 0 Å². The van der Waals surface area contributed by atoms with Crippen LogP contribution in [0.4, 0.5) is 0 Å². The number of hydrogen-bond acceptors (Lipinski definition) is 5. The van der Waals surface area contributed by atoms with Crippen LogP contribution in [-0.2, 0) is 13.6 Å². The molecule has 1 saturated carbocycles. The number of aliphatic hydroxyl groups excluding tert-OH is 1. The van der Waals surface area contributed by atoms with E-state index in [1.165, 1.54) is 0 Å².